The number of esters is 2. The van der Waals surface area contributed by atoms with E-state index in [2.05, 4.69) is 86.8 Å². The van der Waals surface area contributed by atoms with E-state index in [0.717, 1.165) is 64.2 Å². The molecule has 6 heteroatoms. The lowest BCUT2D eigenvalue weighted by Gasteiger charge is -2.04. The third kappa shape index (κ3) is 33.8. The molecule has 0 aliphatic rings. The Bertz CT molecular complexity index is 1080. The quantitative estimate of drug-likeness (QED) is 0.0316. The minimum absolute atomic E-state index is 0.259. The lowest BCUT2D eigenvalue weighted by molar-refractivity contribution is -0.159. The Kier molecular flexibility index (Phi) is 32.5. The van der Waals surface area contributed by atoms with Crippen molar-refractivity contribution in [3.8, 4) is 0 Å². The van der Waals surface area contributed by atoms with Gasteiger partial charge in [-0.15, -0.1) is 0 Å². The molecule has 0 heterocycles. The minimum Gasteiger partial charge on any atom is -0.478 e. The molecule has 3 N–H and O–H groups in total. The van der Waals surface area contributed by atoms with Gasteiger partial charge in [0.15, 0.2) is 0 Å². The van der Waals surface area contributed by atoms with Crippen molar-refractivity contribution >= 4 is 23.6 Å². The largest absolute Gasteiger partial charge is 0.478 e. The van der Waals surface area contributed by atoms with E-state index in [1.54, 1.807) is 12.1 Å². The molecule has 0 fully saturated rings. The second-order valence-corrected chi connectivity index (χ2v) is 12.2. The Balaban J connectivity index is 0.00000195. The van der Waals surface area contributed by atoms with E-state index in [4.69, 9.17) is 15.6 Å². The molecule has 0 spiro atoms. The molecule has 0 aliphatic carbocycles. The number of ether oxygens (including phenoxy) is 1. The van der Waals surface area contributed by atoms with E-state index < -0.39 is 5.97 Å². The zero-order chi connectivity index (χ0) is 36.0. The number of carbonyl (C=O) groups excluding carboxylic acids is 2. The summed E-state index contributed by atoms with van der Waals surface area (Å²) in [4.78, 5) is 34.0. The summed E-state index contributed by atoms with van der Waals surface area (Å²) in [5.41, 5.74) is 6.17. The number of hydrogen-bond donors (Lipinski definition) is 2. The number of aromatic carboxylic acids is 1. The summed E-state index contributed by atoms with van der Waals surface area (Å²) >= 11 is 0. The van der Waals surface area contributed by atoms with Crippen molar-refractivity contribution in [1.29, 1.82) is 0 Å². The molecule has 0 saturated carbocycles. The number of rotatable bonds is 27. The summed E-state index contributed by atoms with van der Waals surface area (Å²) in [6, 6.07) is 6.06. The minimum atomic E-state index is -0.931. The van der Waals surface area contributed by atoms with E-state index in [1.807, 2.05) is 0 Å². The third-order valence-corrected chi connectivity index (χ3v) is 7.55. The summed E-state index contributed by atoms with van der Waals surface area (Å²) in [6.45, 7) is 4.42. The maximum Gasteiger partial charge on any atom is 0.335 e. The molecule has 0 unspecified atom stereocenters. The Morgan fingerprint density at radius 3 is 1.24 bits per heavy atom. The summed E-state index contributed by atoms with van der Waals surface area (Å²) < 4.78 is 4.97. The Morgan fingerprint density at radius 2 is 0.878 bits per heavy atom. The lowest BCUT2D eigenvalue weighted by atomic mass is 10.1. The van der Waals surface area contributed by atoms with Crippen molar-refractivity contribution in [2.45, 2.75) is 142 Å². The monoisotopic (exact) mass is 675 g/mol. The van der Waals surface area contributed by atoms with E-state index in [0.29, 0.717) is 18.5 Å². The molecule has 1 aromatic carbocycles. The van der Waals surface area contributed by atoms with Gasteiger partial charge in [-0.05, 0) is 75.6 Å². The SMILES string of the molecule is CCCCC=CC=CC=CCCCCCCCC(=O)OC(=O)CCCCCCCC=CC=CC=CCCCC.Nc1ccc(C(=O)O)cc1. The van der Waals surface area contributed by atoms with E-state index in [9.17, 15) is 14.4 Å². The molecule has 0 atom stereocenters. The van der Waals surface area contributed by atoms with Gasteiger partial charge in [0.25, 0.3) is 0 Å². The number of carboxylic acids is 1. The van der Waals surface area contributed by atoms with Gasteiger partial charge in [0.05, 0.1) is 5.56 Å². The number of carboxylic acid groups (broad SMARTS) is 1. The maximum atomic E-state index is 11.9. The molecule has 49 heavy (non-hydrogen) atoms. The fourth-order valence-corrected chi connectivity index (χ4v) is 4.58. The average molecular weight is 676 g/mol. The molecule has 0 amide bonds. The summed E-state index contributed by atoms with van der Waals surface area (Å²) in [6.07, 6.45) is 46.4. The van der Waals surface area contributed by atoms with Gasteiger partial charge in [0.2, 0.25) is 0 Å². The zero-order valence-electron chi connectivity index (χ0n) is 30.5. The number of carbonyl (C=O) groups is 3. The first-order valence-corrected chi connectivity index (χ1v) is 18.7. The van der Waals surface area contributed by atoms with Crippen LogP contribution in [0.5, 0.6) is 0 Å². The molecular formula is C43H65NO5. The van der Waals surface area contributed by atoms with Crippen LogP contribution >= 0.6 is 0 Å². The fraction of sp³-hybridized carbons (Fsp3) is 0.512. The molecule has 272 valence electrons. The molecule has 0 radical (unpaired) electrons. The summed E-state index contributed by atoms with van der Waals surface area (Å²) in [7, 11) is 0. The molecule has 1 rings (SSSR count). The predicted octanol–water partition coefficient (Wildman–Crippen LogP) is 12.2. The van der Waals surface area contributed by atoms with Crippen molar-refractivity contribution in [2.24, 2.45) is 0 Å². The van der Waals surface area contributed by atoms with Crippen LogP contribution < -0.4 is 5.73 Å². The number of nitrogens with two attached hydrogens (primary N) is 1. The van der Waals surface area contributed by atoms with Crippen LogP contribution in [0.25, 0.3) is 0 Å². The number of nitrogen functional groups attached to an aromatic ring is 1. The lowest BCUT2D eigenvalue weighted by Crippen LogP contribution is -2.11. The van der Waals surface area contributed by atoms with Crippen molar-refractivity contribution in [3.63, 3.8) is 0 Å². The topological polar surface area (TPSA) is 107 Å². The van der Waals surface area contributed by atoms with Crippen LogP contribution in [0.1, 0.15) is 153 Å². The van der Waals surface area contributed by atoms with Crippen LogP contribution in [0.4, 0.5) is 5.69 Å². The van der Waals surface area contributed by atoms with Gasteiger partial charge in [-0.2, -0.15) is 0 Å². The number of allylic oxidation sites excluding steroid dienone is 12. The first-order chi connectivity index (χ1) is 23.9. The molecule has 0 aromatic heterocycles. The van der Waals surface area contributed by atoms with Gasteiger partial charge in [-0.1, -0.05) is 151 Å². The molecule has 0 aliphatic heterocycles. The van der Waals surface area contributed by atoms with Crippen molar-refractivity contribution in [3.05, 3.63) is 103 Å². The van der Waals surface area contributed by atoms with Gasteiger partial charge in [0.1, 0.15) is 0 Å². The fourth-order valence-electron chi connectivity index (χ4n) is 4.58. The third-order valence-electron chi connectivity index (χ3n) is 7.55. The molecule has 1 aromatic rings. The highest BCUT2D eigenvalue weighted by Crippen LogP contribution is 2.11. The molecule has 0 saturated heterocycles. The first-order valence-electron chi connectivity index (χ1n) is 18.7. The molecule has 0 bridgehead atoms. The predicted molar refractivity (Wildman–Crippen MR) is 207 cm³/mol. The Morgan fingerprint density at radius 1 is 0.531 bits per heavy atom. The van der Waals surface area contributed by atoms with E-state index in [-0.39, 0.29) is 17.5 Å². The standard InChI is InChI=1S/C36H58O3.C7H7NO2/c1-3-5-7-9-11-13-15-17-19-21-23-25-27-29-31-33-35(37)39-36(38)34-32-30-28-26-24-22-20-18-16-14-12-10-8-6-4-2;8-6-3-1-5(2-4-6)7(9)10/h9-20H,3-8,21-34H2,1-2H3;1-4H,8H2,(H,9,10). The number of hydrogen-bond acceptors (Lipinski definition) is 5. The van der Waals surface area contributed by atoms with Crippen molar-refractivity contribution in [2.75, 3.05) is 5.73 Å². The highest BCUT2D eigenvalue weighted by atomic mass is 16.6. The van der Waals surface area contributed by atoms with Crippen LogP contribution in [0.15, 0.2) is 97.2 Å². The molecule has 6 nitrogen and oxygen atoms in total. The van der Waals surface area contributed by atoms with Crippen LogP contribution in [0.2, 0.25) is 0 Å². The number of benzene rings is 1. The van der Waals surface area contributed by atoms with E-state index >= 15 is 0 Å². The maximum absolute atomic E-state index is 11.9. The van der Waals surface area contributed by atoms with Crippen LogP contribution in [-0.2, 0) is 14.3 Å². The number of anilines is 1. The van der Waals surface area contributed by atoms with Crippen LogP contribution in [0, 0.1) is 0 Å². The van der Waals surface area contributed by atoms with Crippen LogP contribution in [-0.4, -0.2) is 23.0 Å². The highest BCUT2D eigenvalue weighted by molar-refractivity contribution is 5.88. The van der Waals surface area contributed by atoms with Gasteiger partial charge < -0.3 is 15.6 Å². The number of unbranched alkanes of at least 4 members (excludes halogenated alkanes) is 14. The molecular weight excluding hydrogens is 610 g/mol. The normalized spacial score (nSPS) is 11.8. The van der Waals surface area contributed by atoms with Gasteiger partial charge in [-0.25, -0.2) is 4.79 Å². The second-order valence-electron chi connectivity index (χ2n) is 12.2. The average Bonchev–Trinajstić information content (AvgIpc) is 3.08. The van der Waals surface area contributed by atoms with E-state index in [1.165, 1.54) is 63.5 Å². The first kappa shape index (κ1) is 45.1. The second kappa shape index (κ2) is 35.4. The summed E-state index contributed by atoms with van der Waals surface area (Å²) in [5.74, 6) is -1.66. The van der Waals surface area contributed by atoms with Crippen LogP contribution in [0.3, 0.4) is 0 Å². The van der Waals surface area contributed by atoms with Gasteiger partial charge in [0, 0.05) is 18.5 Å². The zero-order valence-corrected chi connectivity index (χ0v) is 30.5. The van der Waals surface area contributed by atoms with Crippen molar-refractivity contribution < 1.29 is 24.2 Å². The van der Waals surface area contributed by atoms with Gasteiger partial charge in [-0.3, -0.25) is 9.59 Å². The Labute approximate surface area is 298 Å². The summed E-state index contributed by atoms with van der Waals surface area (Å²) in [5, 5.41) is 8.43. The highest BCUT2D eigenvalue weighted by Gasteiger charge is 2.09. The smallest absolute Gasteiger partial charge is 0.335 e. The van der Waals surface area contributed by atoms with Gasteiger partial charge >= 0.3 is 17.9 Å². The van der Waals surface area contributed by atoms with Crippen molar-refractivity contribution in [1.82, 2.24) is 0 Å². The Hall–Kier alpha value is -3.93.